The Bertz CT molecular complexity index is 503. The molecule has 19 heavy (non-hydrogen) atoms. The van der Waals surface area contributed by atoms with Crippen LogP contribution in [0.4, 0.5) is 13.2 Å². The van der Waals surface area contributed by atoms with Crippen molar-refractivity contribution in [1.29, 1.82) is 0 Å². The van der Waals surface area contributed by atoms with Crippen molar-refractivity contribution in [3.05, 3.63) is 24.0 Å². The Balaban J connectivity index is 2.01. The van der Waals surface area contributed by atoms with E-state index in [4.69, 9.17) is 0 Å². The molecule has 0 aliphatic heterocycles. The highest BCUT2D eigenvalue weighted by Gasteiger charge is 2.39. The van der Waals surface area contributed by atoms with Crippen LogP contribution in [0, 0.1) is 0 Å². The summed E-state index contributed by atoms with van der Waals surface area (Å²) in [6.07, 6.45) is -0.607. The van der Waals surface area contributed by atoms with Crippen molar-refractivity contribution < 1.29 is 22.8 Å². The average molecular weight is 274 g/mol. The summed E-state index contributed by atoms with van der Waals surface area (Å²) in [5, 5.41) is 0. The number of nitrogens with zero attached hydrogens (tertiary/aromatic N) is 2. The number of hydrogen-bond acceptors (Lipinski definition) is 2. The average Bonchev–Trinajstić information content (AvgIpc) is 3.07. The molecule has 1 aromatic heterocycles. The summed E-state index contributed by atoms with van der Waals surface area (Å²) in [6, 6.07) is 1.32. The van der Waals surface area contributed by atoms with Crippen LogP contribution in [0.5, 0.6) is 0 Å². The van der Waals surface area contributed by atoms with E-state index in [0.717, 1.165) is 25.1 Å². The number of halogens is 3. The zero-order valence-electron chi connectivity index (χ0n) is 10.3. The largest absolute Gasteiger partial charge is 0.454 e. The van der Waals surface area contributed by atoms with Crippen LogP contribution in [0.2, 0.25) is 0 Å². The summed E-state index contributed by atoms with van der Waals surface area (Å²) >= 11 is 0. The second kappa shape index (κ2) is 4.71. The number of Topliss-reactive ketones (excluding diaryl/α,β-unsaturated/α-hetero) is 1. The summed E-state index contributed by atoms with van der Waals surface area (Å²) in [5.74, 6) is -2.07. The second-order valence-corrected chi connectivity index (χ2v) is 4.64. The number of rotatable bonds is 4. The number of aromatic nitrogens is 1. The Morgan fingerprint density at radius 1 is 1.42 bits per heavy atom. The van der Waals surface area contributed by atoms with Gasteiger partial charge in [-0.3, -0.25) is 9.59 Å². The van der Waals surface area contributed by atoms with E-state index in [1.807, 2.05) is 0 Å². The van der Waals surface area contributed by atoms with Crippen molar-refractivity contribution in [3.63, 3.8) is 0 Å². The molecular formula is C12H13F3N2O2. The van der Waals surface area contributed by atoms with E-state index in [0.29, 0.717) is 0 Å². The van der Waals surface area contributed by atoms with E-state index >= 15 is 0 Å². The molecule has 0 atom stereocenters. The first-order valence-corrected chi connectivity index (χ1v) is 5.82. The molecule has 104 valence electrons. The number of likely N-dealkylation sites (N-methyl/N-ethyl adjacent to an activating group) is 1. The number of amides is 1. The summed E-state index contributed by atoms with van der Waals surface area (Å²) in [4.78, 5) is 24.3. The summed E-state index contributed by atoms with van der Waals surface area (Å²) in [7, 11) is 1.67. The number of hydrogen-bond donors (Lipinski definition) is 0. The molecule has 1 aliphatic carbocycles. The third-order valence-corrected chi connectivity index (χ3v) is 3.08. The maximum atomic E-state index is 12.2. The minimum Gasteiger partial charge on any atom is -0.344 e. The molecule has 1 amide bonds. The molecule has 1 heterocycles. The van der Waals surface area contributed by atoms with Crippen molar-refractivity contribution in [3.8, 4) is 0 Å². The SMILES string of the molecule is CN(C(=O)Cn1ccc(C(=O)C(F)(F)F)c1)C1CC1. The molecule has 0 radical (unpaired) electrons. The van der Waals surface area contributed by atoms with Crippen LogP contribution in [-0.2, 0) is 11.3 Å². The van der Waals surface area contributed by atoms with Crippen LogP contribution < -0.4 is 0 Å². The molecule has 1 aromatic rings. The number of carbonyl (C=O) groups excluding carboxylic acids is 2. The third kappa shape index (κ3) is 3.15. The van der Waals surface area contributed by atoms with Gasteiger partial charge >= 0.3 is 6.18 Å². The fraction of sp³-hybridized carbons (Fsp3) is 0.500. The molecule has 7 heteroatoms. The van der Waals surface area contributed by atoms with E-state index in [-0.39, 0.29) is 18.5 Å². The number of alkyl halides is 3. The van der Waals surface area contributed by atoms with Gasteiger partial charge < -0.3 is 9.47 Å². The molecule has 1 aliphatic rings. The van der Waals surface area contributed by atoms with Crippen LogP contribution >= 0.6 is 0 Å². The van der Waals surface area contributed by atoms with E-state index in [2.05, 4.69) is 0 Å². The summed E-state index contributed by atoms with van der Waals surface area (Å²) in [5.41, 5.74) is -0.450. The maximum absolute atomic E-state index is 12.2. The van der Waals surface area contributed by atoms with E-state index in [1.165, 1.54) is 10.8 Å². The highest BCUT2D eigenvalue weighted by atomic mass is 19.4. The minimum atomic E-state index is -4.89. The van der Waals surface area contributed by atoms with Gasteiger partial charge in [-0.15, -0.1) is 0 Å². The third-order valence-electron chi connectivity index (χ3n) is 3.08. The van der Waals surface area contributed by atoms with Crippen molar-refractivity contribution in [1.82, 2.24) is 9.47 Å². The zero-order valence-corrected chi connectivity index (χ0v) is 10.3. The van der Waals surface area contributed by atoms with Crippen molar-refractivity contribution in [2.75, 3.05) is 7.05 Å². The van der Waals surface area contributed by atoms with Gasteiger partial charge in [0, 0.05) is 31.0 Å². The molecule has 0 spiro atoms. The first kappa shape index (κ1) is 13.6. The molecule has 4 nitrogen and oxygen atoms in total. The van der Waals surface area contributed by atoms with Crippen LogP contribution in [0.1, 0.15) is 23.2 Å². The molecule has 0 bridgehead atoms. The van der Waals surface area contributed by atoms with Crippen LogP contribution in [0.25, 0.3) is 0 Å². The molecule has 1 saturated carbocycles. The number of ketones is 1. The molecule has 2 rings (SSSR count). The quantitative estimate of drug-likeness (QED) is 0.786. The lowest BCUT2D eigenvalue weighted by Gasteiger charge is -2.16. The van der Waals surface area contributed by atoms with Crippen molar-refractivity contribution in [2.24, 2.45) is 0 Å². The smallest absolute Gasteiger partial charge is 0.344 e. The van der Waals surface area contributed by atoms with Crippen molar-refractivity contribution >= 4 is 11.7 Å². The second-order valence-electron chi connectivity index (χ2n) is 4.64. The Hall–Kier alpha value is -1.79. The topological polar surface area (TPSA) is 42.3 Å². The molecule has 0 N–H and O–H groups in total. The fourth-order valence-electron chi connectivity index (χ4n) is 1.77. The van der Waals surface area contributed by atoms with Crippen LogP contribution in [0.15, 0.2) is 18.5 Å². The Kier molecular flexibility index (Phi) is 3.38. The highest BCUT2D eigenvalue weighted by Crippen LogP contribution is 2.25. The van der Waals surface area contributed by atoms with Gasteiger partial charge in [-0.25, -0.2) is 0 Å². The van der Waals surface area contributed by atoms with Crippen molar-refractivity contribution in [2.45, 2.75) is 31.6 Å². The molecule has 0 unspecified atom stereocenters. The van der Waals surface area contributed by atoms with Gasteiger partial charge in [-0.1, -0.05) is 0 Å². The minimum absolute atomic E-state index is 0.0574. The monoisotopic (exact) mass is 274 g/mol. The lowest BCUT2D eigenvalue weighted by molar-refractivity contribution is -0.131. The summed E-state index contributed by atoms with van der Waals surface area (Å²) < 4.78 is 37.9. The first-order chi connectivity index (χ1) is 8.79. The zero-order chi connectivity index (χ0) is 14.2. The number of carbonyl (C=O) groups is 2. The Labute approximate surface area is 107 Å². The van der Waals surface area contributed by atoms with Gasteiger partial charge in [0.1, 0.15) is 6.54 Å². The lowest BCUT2D eigenvalue weighted by atomic mass is 10.2. The normalized spacial score (nSPS) is 15.4. The molecular weight excluding hydrogens is 261 g/mol. The van der Waals surface area contributed by atoms with Crippen LogP contribution in [0.3, 0.4) is 0 Å². The van der Waals surface area contributed by atoms with E-state index < -0.39 is 17.5 Å². The summed E-state index contributed by atoms with van der Waals surface area (Å²) in [6.45, 7) is -0.0574. The van der Waals surface area contributed by atoms with Gasteiger partial charge in [0.2, 0.25) is 5.91 Å². The Morgan fingerprint density at radius 2 is 2.05 bits per heavy atom. The predicted octanol–water partition coefficient (Wildman–Crippen LogP) is 1.85. The van der Waals surface area contributed by atoms with Crippen LogP contribution in [-0.4, -0.2) is 40.4 Å². The molecule has 1 fully saturated rings. The van der Waals surface area contributed by atoms with Gasteiger partial charge in [0.15, 0.2) is 0 Å². The predicted molar refractivity (Wildman–Crippen MR) is 60.6 cm³/mol. The van der Waals surface area contributed by atoms with E-state index in [9.17, 15) is 22.8 Å². The maximum Gasteiger partial charge on any atom is 0.454 e. The van der Waals surface area contributed by atoms with Gasteiger partial charge in [0.05, 0.1) is 0 Å². The molecule has 0 aromatic carbocycles. The standard InChI is InChI=1S/C12H13F3N2O2/c1-16(9-2-3-9)10(18)7-17-5-4-8(6-17)11(19)12(13,14)15/h4-6,9H,2-3,7H2,1H3. The van der Waals surface area contributed by atoms with Gasteiger partial charge in [-0.2, -0.15) is 13.2 Å². The highest BCUT2D eigenvalue weighted by molar-refractivity contribution is 6.00. The first-order valence-electron chi connectivity index (χ1n) is 5.82. The lowest BCUT2D eigenvalue weighted by Crippen LogP contribution is -2.31. The Morgan fingerprint density at radius 3 is 2.58 bits per heavy atom. The van der Waals surface area contributed by atoms with Gasteiger partial charge in [-0.05, 0) is 18.9 Å². The van der Waals surface area contributed by atoms with E-state index in [1.54, 1.807) is 11.9 Å². The van der Waals surface area contributed by atoms with Gasteiger partial charge in [0.25, 0.3) is 5.78 Å². The fourth-order valence-corrected chi connectivity index (χ4v) is 1.77. The molecule has 0 saturated heterocycles.